The van der Waals surface area contributed by atoms with Crippen molar-refractivity contribution in [3.05, 3.63) is 0 Å². The summed E-state index contributed by atoms with van der Waals surface area (Å²) < 4.78 is 46.6. The van der Waals surface area contributed by atoms with E-state index in [0.29, 0.717) is 0 Å². The molecule has 0 radical (unpaired) electrons. The molecule has 56 valence electrons. The Kier molecular flexibility index (Phi) is 21.6. The van der Waals surface area contributed by atoms with Gasteiger partial charge >= 0.3 is 61.1 Å². The van der Waals surface area contributed by atoms with Crippen LogP contribution in [0.1, 0.15) is 0 Å². The molecule has 0 aromatic heterocycles. The summed E-state index contributed by atoms with van der Waals surface area (Å²) in [5, 5.41) is 0. The summed E-state index contributed by atoms with van der Waals surface area (Å²) in [7, 11) is 0. The summed E-state index contributed by atoms with van der Waals surface area (Å²) >= 11 is -7.38. The fraction of sp³-hybridized carbons (Fsp3) is 0. The molecule has 0 aromatic carbocycles. The predicted octanol–water partition coefficient (Wildman–Crippen LogP) is -3.30. The Morgan fingerprint density at radius 3 is 1.22 bits per heavy atom. The average Bonchev–Trinajstić information content (AvgIpc) is 1.25. The fourth-order valence-corrected chi connectivity index (χ4v) is 0. The van der Waals surface area contributed by atoms with Gasteiger partial charge in [-0.1, -0.05) is 0 Å². The summed E-state index contributed by atoms with van der Waals surface area (Å²) in [6, 6.07) is 0. The zero-order valence-electron chi connectivity index (χ0n) is 4.11. The van der Waals surface area contributed by atoms with Crippen LogP contribution >= 0.6 is 0 Å². The first-order chi connectivity index (χ1) is 3.46. The van der Waals surface area contributed by atoms with E-state index in [-0.39, 0.29) is 5.48 Å². The van der Waals surface area contributed by atoms with Crippen LogP contribution in [0.4, 0.5) is 0 Å². The van der Waals surface area contributed by atoms with E-state index in [2.05, 4.69) is 0 Å². The molecule has 0 amide bonds. The van der Waals surface area contributed by atoms with Crippen LogP contribution in [0.25, 0.3) is 0 Å². The van der Waals surface area contributed by atoms with Crippen molar-refractivity contribution in [2.75, 3.05) is 0 Å². The maximum absolute atomic E-state index is 8.84. The van der Waals surface area contributed by atoms with Crippen LogP contribution in [0.3, 0.4) is 0 Å². The molecule has 0 fully saturated rings. The Labute approximate surface area is 66.3 Å². The first-order valence-corrected chi connectivity index (χ1v) is 6.54. The molecule has 0 saturated heterocycles. The molecule has 0 rings (SSSR count). The Bertz CT molecular complexity index is 66.9. The summed E-state index contributed by atoms with van der Waals surface area (Å²) in [4.78, 5) is 0. The van der Waals surface area contributed by atoms with Crippen LogP contribution in [0.2, 0.25) is 0 Å². The van der Waals surface area contributed by atoms with Crippen LogP contribution in [0.5, 0.6) is 0 Å². The molecule has 0 spiro atoms. The van der Waals surface area contributed by atoms with Crippen molar-refractivity contribution in [3.8, 4) is 0 Å². The number of rotatable bonds is 0. The van der Waals surface area contributed by atoms with E-state index in [0.717, 1.165) is 0 Å². The molecule has 0 bridgehead atoms. The van der Waals surface area contributed by atoms with Gasteiger partial charge in [0.2, 0.25) is 0 Å². The molecule has 0 aromatic rings. The predicted molar refractivity (Wildman–Crippen MR) is 13.9 cm³/mol. The van der Waals surface area contributed by atoms with Crippen molar-refractivity contribution < 1.29 is 66.6 Å². The third-order valence-electron chi connectivity index (χ3n) is 0. The molecular formula is H6O7TiZr. The number of hydrogen-bond donors (Lipinski definition) is 4. The van der Waals surface area contributed by atoms with E-state index < -0.39 is 41.3 Å². The standard InChI is InChI=1S/5H2O.2O.Ti.Zr/h5*1H2;;;;/q;;;;;;;2*+2/p-4. The second kappa shape index (κ2) is 11.8. The zero-order chi connectivity index (χ0) is 7.15. The van der Waals surface area contributed by atoms with Gasteiger partial charge in [-0.2, -0.15) is 0 Å². The van der Waals surface area contributed by atoms with Gasteiger partial charge in [-0.25, -0.2) is 0 Å². The number of hydrogen-bond acceptors (Lipinski definition) is 2. The third-order valence-corrected chi connectivity index (χ3v) is 0. The van der Waals surface area contributed by atoms with E-state index in [1.807, 2.05) is 0 Å². The van der Waals surface area contributed by atoms with Gasteiger partial charge in [-0.05, 0) is 0 Å². The minimum absolute atomic E-state index is 0. The zero-order valence-corrected chi connectivity index (χ0v) is 8.12. The third kappa shape index (κ3) is 443. The van der Waals surface area contributed by atoms with Crippen molar-refractivity contribution in [1.82, 2.24) is 0 Å². The molecule has 0 unspecified atom stereocenters. The fourth-order valence-electron chi connectivity index (χ4n) is 0. The van der Waals surface area contributed by atoms with Crippen molar-refractivity contribution in [2.24, 2.45) is 0 Å². The van der Waals surface area contributed by atoms with Gasteiger partial charge in [0, 0.05) is 0 Å². The molecular weight excluding hydrogens is 251 g/mol. The normalized spacial score (nSPS) is 5.78. The van der Waals surface area contributed by atoms with Gasteiger partial charge in [-0.3, -0.25) is 0 Å². The van der Waals surface area contributed by atoms with E-state index in [1.54, 1.807) is 0 Å². The van der Waals surface area contributed by atoms with Crippen molar-refractivity contribution >= 4 is 0 Å². The van der Waals surface area contributed by atoms with Gasteiger partial charge in [-0.15, -0.1) is 0 Å². The molecule has 0 aliphatic carbocycles. The molecule has 7 nitrogen and oxygen atoms in total. The van der Waals surface area contributed by atoms with Crippen LogP contribution in [-0.2, 0) is 47.4 Å². The Morgan fingerprint density at radius 1 is 1.22 bits per heavy atom. The topological polar surface area (TPSA) is 147 Å². The molecule has 0 heterocycles. The SMILES string of the molecule is O.[O]=[Ti]([OH])[OH].[O]=[Zr]([OH])[OH]. The molecule has 0 atom stereocenters. The van der Waals surface area contributed by atoms with Crippen LogP contribution in [-0.4, -0.2) is 19.2 Å². The second-order valence-electron chi connectivity index (χ2n) is 0.565. The van der Waals surface area contributed by atoms with E-state index in [9.17, 15) is 0 Å². The van der Waals surface area contributed by atoms with Gasteiger partial charge < -0.3 is 5.48 Å². The van der Waals surface area contributed by atoms with Crippen molar-refractivity contribution in [3.63, 3.8) is 0 Å². The first-order valence-electron chi connectivity index (χ1n) is 1.30. The van der Waals surface area contributed by atoms with E-state index in [4.69, 9.17) is 19.9 Å². The van der Waals surface area contributed by atoms with Crippen LogP contribution in [0, 0.1) is 0 Å². The van der Waals surface area contributed by atoms with Crippen LogP contribution in [0.15, 0.2) is 0 Å². The van der Waals surface area contributed by atoms with Crippen LogP contribution < -0.4 is 0 Å². The molecule has 6 N–H and O–H groups in total. The molecule has 9 heavy (non-hydrogen) atoms. The summed E-state index contributed by atoms with van der Waals surface area (Å²) in [5.41, 5.74) is 0. The molecule has 0 aliphatic rings. The maximum atomic E-state index is 8.84. The molecule has 9 heteroatoms. The monoisotopic (exact) mass is 256 g/mol. The second-order valence-corrected chi connectivity index (χ2v) is 2.84. The molecule has 0 saturated carbocycles. The van der Waals surface area contributed by atoms with E-state index >= 15 is 0 Å². The quantitative estimate of drug-likeness (QED) is 0.334. The molecule has 0 aliphatic heterocycles. The first kappa shape index (κ1) is 16.5. The van der Waals surface area contributed by atoms with Gasteiger partial charge in [0.1, 0.15) is 0 Å². The van der Waals surface area contributed by atoms with E-state index in [1.165, 1.54) is 0 Å². The van der Waals surface area contributed by atoms with Crippen molar-refractivity contribution in [2.45, 2.75) is 0 Å². The van der Waals surface area contributed by atoms with Crippen molar-refractivity contribution in [1.29, 1.82) is 0 Å². The summed E-state index contributed by atoms with van der Waals surface area (Å²) in [6.07, 6.45) is 0. The Balaban J connectivity index is -0.0000000720. The summed E-state index contributed by atoms with van der Waals surface area (Å²) in [6.45, 7) is 0. The Hall–Kier alpha value is 0.997. The minimum atomic E-state index is -3.79. The van der Waals surface area contributed by atoms with Gasteiger partial charge in [0.15, 0.2) is 0 Å². The van der Waals surface area contributed by atoms with Gasteiger partial charge in [0.05, 0.1) is 0 Å². The summed E-state index contributed by atoms with van der Waals surface area (Å²) in [5.74, 6) is 0. The Morgan fingerprint density at radius 2 is 1.22 bits per heavy atom. The average molecular weight is 257 g/mol. The van der Waals surface area contributed by atoms with Gasteiger partial charge in [0.25, 0.3) is 0 Å².